The molecule has 0 N–H and O–H groups in total. The molecule has 0 aliphatic heterocycles. The predicted octanol–water partition coefficient (Wildman–Crippen LogP) is 3.40. The second kappa shape index (κ2) is 12.1. The first-order valence-corrected chi connectivity index (χ1v) is 13.0. The molecule has 206 valence electrons. The van der Waals surface area contributed by atoms with E-state index in [4.69, 9.17) is 42.6 Å². The first-order valence-electron chi connectivity index (χ1n) is 11.3. The summed E-state index contributed by atoms with van der Waals surface area (Å²) in [5.41, 5.74) is 0. The Morgan fingerprint density at radius 1 is 0.368 bits per heavy atom. The number of hydrogen-bond donors (Lipinski definition) is 0. The standard InChI is InChI=1S/C27H33O10P/c1-29-16-10-19(32-4)25(20(11-16)33-5)38(28,26-21(34-6)12-17(30-2)13-22(26)35-7)27-23(36-8)14-18(31-3)15-24(27)37-9/h10-15H,1-9H3. The molecule has 0 amide bonds. The maximum absolute atomic E-state index is 16.1. The highest BCUT2D eigenvalue weighted by Gasteiger charge is 2.45. The molecular weight excluding hydrogens is 515 g/mol. The van der Waals surface area contributed by atoms with E-state index in [1.807, 2.05) is 0 Å². The minimum Gasteiger partial charge on any atom is -0.496 e. The molecule has 0 bridgehead atoms. The van der Waals surface area contributed by atoms with Crippen molar-refractivity contribution in [1.29, 1.82) is 0 Å². The van der Waals surface area contributed by atoms with E-state index in [1.54, 1.807) is 36.4 Å². The molecule has 38 heavy (non-hydrogen) atoms. The van der Waals surface area contributed by atoms with Gasteiger partial charge >= 0.3 is 0 Å². The number of benzene rings is 3. The molecular formula is C27H33O10P. The van der Waals surface area contributed by atoms with Crippen LogP contribution in [0.4, 0.5) is 0 Å². The molecule has 0 aliphatic carbocycles. The Morgan fingerprint density at radius 2 is 0.553 bits per heavy atom. The lowest BCUT2D eigenvalue weighted by Crippen LogP contribution is -2.31. The minimum absolute atomic E-state index is 0.215. The fourth-order valence-electron chi connectivity index (χ4n) is 4.23. The number of methoxy groups -OCH3 is 9. The highest BCUT2D eigenvalue weighted by molar-refractivity contribution is 7.86. The zero-order valence-electron chi connectivity index (χ0n) is 23.0. The Labute approximate surface area is 222 Å². The van der Waals surface area contributed by atoms with Crippen LogP contribution in [-0.4, -0.2) is 64.0 Å². The summed E-state index contributed by atoms with van der Waals surface area (Å²) in [6, 6.07) is 9.72. The summed E-state index contributed by atoms with van der Waals surface area (Å²) in [4.78, 5) is 0. The smallest absolute Gasteiger partial charge is 0.193 e. The van der Waals surface area contributed by atoms with E-state index < -0.39 is 7.14 Å². The highest BCUT2D eigenvalue weighted by atomic mass is 31.2. The lowest BCUT2D eigenvalue weighted by molar-refractivity contribution is 0.377. The molecule has 0 saturated heterocycles. The summed E-state index contributed by atoms with van der Waals surface area (Å²) in [7, 11) is 9.22. The number of rotatable bonds is 12. The van der Waals surface area contributed by atoms with Gasteiger partial charge < -0.3 is 47.2 Å². The zero-order valence-corrected chi connectivity index (χ0v) is 23.9. The Balaban J connectivity index is 2.70. The van der Waals surface area contributed by atoms with Crippen LogP contribution in [0.15, 0.2) is 36.4 Å². The zero-order chi connectivity index (χ0) is 28.0. The van der Waals surface area contributed by atoms with Crippen LogP contribution in [0.2, 0.25) is 0 Å². The van der Waals surface area contributed by atoms with Crippen molar-refractivity contribution in [2.45, 2.75) is 0 Å². The average molecular weight is 549 g/mol. The third-order valence-corrected chi connectivity index (χ3v) is 9.22. The number of ether oxygens (including phenoxy) is 9. The summed E-state index contributed by atoms with van der Waals surface area (Å²) >= 11 is 0. The molecule has 3 rings (SSSR count). The van der Waals surface area contributed by atoms with E-state index in [0.717, 1.165) is 0 Å². The molecule has 0 unspecified atom stereocenters. The molecule has 0 aromatic heterocycles. The van der Waals surface area contributed by atoms with E-state index >= 15 is 4.57 Å². The van der Waals surface area contributed by atoms with Crippen LogP contribution in [0.25, 0.3) is 0 Å². The van der Waals surface area contributed by atoms with Crippen LogP contribution in [-0.2, 0) is 4.57 Å². The van der Waals surface area contributed by atoms with Crippen molar-refractivity contribution in [3.8, 4) is 51.7 Å². The first kappa shape index (κ1) is 28.7. The summed E-state index contributed by atoms with van der Waals surface area (Å²) in [5, 5.41) is 0.644. The van der Waals surface area contributed by atoms with Crippen LogP contribution in [0.3, 0.4) is 0 Å². The Kier molecular flexibility index (Phi) is 9.12. The summed E-state index contributed by atoms with van der Waals surface area (Å²) in [6.45, 7) is 0. The van der Waals surface area contributed by atoms with Crippen LogP contribution < -0.4 is 58.5 Å². The predicted molar refractivity (Wildman–Crippen MR) is 145 cm³/mol. The van der Waals surface area contributed by atoms with Gasteiger partial charge in [0.2, 0.25) is 0 Å². The Hall–Kier alpha value is -3.91. The molecule has 0 radical (unpaired) electrons. The van der Waals surface area contributed by atoms with Gasteiger partial charge in [0, 0.05) is 36.4 Å². The van der Waals surface area contributed by atoms with Crippen LogP contribution in [0, 0.1) is 0 Å². The highest BCUT2D eigenvalue weighted by Crippen LogP contribution is 2.57. The molecule has 11 heteroatoms. The molecule has 10 nitrogen and oxygen atoms in total. The van der Waals surface area contributed by atoms with Crippen LogP contribution in [0.1, 0.15) is 0 Å². The molecule has 0 atom stereocenters. The van der Waals surface area contributed by atoms with Crippen molar-refractivity contribution in [1.82, 2.24) is 0 Å². The van der Waals surface area contributed by atoms with Gasteiger partial charge in [0.15, 0.2) is 7.14 Å². The third kappa shape index (κ3) is 4.84. The van der Waals surface area contributed by atoms with Crippen molar-refractivity contribution in [3.63, 3.8) is 0 Å². The Bertz CT molecular complexity index is 1100. The summed E-state index contributed by atoms with van der Waals surface area (Å²) < 4.78 is 67.0. The van der Waals surface area contributed by atoms with E-state index in [9.17, 15) is 0 Å². The van der Waals surface area contributed by atoms with Crippen molar-refractivity contribution in [2.24, 2.45) is 0 Å². The van der Waals surface area contributed by atoms with Gasteiger partial charge in [-0.15, -0.1) is 0 Å². The van der Waals surface area contributed by atoms with Crippen LogP contribution in [0.5, 0.6) is 51.7 Å². The van der Waals surface area contributed by atoms with Gasteiger partial charge in [0.25, 0.3) is 0 Å². The largest absolute Gasteiger partial charge is 0.496 e. The lowest BCUT2D eigenvalue weighted by atomic mass is 10.3. The SMILES string of the molecule is COc1cc(OC)c(P(=O)(c2c(OC)cc(OC)cc2OC)c2c(OC)cc(OC)cc2OC)c(OC)c1. The molecule has 0 heterocycles. The first-order chi connectivity index (χ1) is 18.3. The molecule has 0 spiro atoms. The Morgan fingerprint density at radius 3 is 0.684 bits per heavy atom. The van der Waals surface area contributed by atoms with Gasteiger partial charge in [-0.05, 0) is 0 Å². The maximum Gasteiger partial charge on any atom is 0.193 e. The molecule has 3 aromatic carbocycles. The van der Waals surface area contributed by atoms with Gasteiger partial charge in [-0.1, -0.05) is 0 Å². The topological polar surface area (TPSA) is 100 Å². The van der Waals surface area contributed by atoms with Crippen molar-refractivity contribution >= 4 is 23.1 Å². The fraction of sp³-hybridized carbons (Fsp3) is 0.333. The monoisotopic (exact) mass is 548 g/mol. The summed E-state index contributed by atoms with van der Waals surface area (Å²) in [5.74, 6) is 2.76. The van der Waals surface area contributed by atoms with Crippen LogP contribution >= 0.6 is 7.14 Å². The molecule has 3 aromatic rings. The third-order valence-electron chi connectivity index (χ3n) is 6.01. The number of hydrogen-bond acceptors (Lipinski definition) is 10. The van der Waals surface area contributed by atoms with Gasteiger partial charge in [-0.3, -0.25) is 0 Å². The van der Waals surface area contributed by atoms with Gasteiger partial charge in [-0.2, -0.15) is 0 Å². The van der Waals surface area contributed by atoms with E-state index in [2.05, 4.69) is 0 Å². The second-order valence-corrected chi connectivity index (χ2v) is 10.3. The average Bonchev–Trinajstić information content (AvgIpc) is 2.97. The van der Waals surface area contributed by atoms with Crippen molar-refractivity contribution < 1.29 is 47.2 Å². The van der Waals surface area contributed by atoms with E-state index in [0.29, 0.717) is 17.2 Å². The van der Waals surface area contributed by atoms with E-state index in [-0.39, 0.29) is 50.4 Å². The van der Waals surface area contributed by atoms with Gasteiger partial charge in [-0.25, -0.2) is 0 Å². The van der Waals surface area contributed by atoms with Gasteiger partial charge in [0.1, 0.15) is 67.7 Å². The summed E-state index contributed by atoms with van der Waals surface area (Å²) in [6.07, 6.45) is 0. The van der Waals surface area contributed by atoms with Crippen molar-refractivity contribution in [2.75, 3.05) is 64.0 Å². The van der Waals surface area contributed by atoms with E-state index in [1.165, 1.54) is 64.0 Å². The van der Waals surface area contributed by atoms with Crippen molar-refractivity contribution in [3.05, 3.63) is 36.4 Å². The molecule has 0 fully saturated rings. The minimum atomic E-state index is -4.11. The molecule has 0 saturated carbocycles. The van der Waals surface area contributed by atoms with Gasteiger partial charge in [0.05, 0.1) is 64.0 Å². The molecule has 0 aliphatic rings. The lowest BCUT2D eigenvalue weighted by Gasteiger charge is -2.29. The normalized spacial score (nSPS) is 10.9. The second-order valence-electron chi connectivity index (χ2n) is 7.75. The fourth-order valence-corrected chi connectivity index (χ4v) is 7.70. The quantitative estimate of drug-likeness (QED) is 0.313. The maximum atomic E-state index is 16.1.